The molecule has 0 amide bonds. The third-order valence-corrected chi connectivity index (χ3v) is 3.95. The van der Waals surface area contributed by atoms with Gasteiger partial charge in [0.25, 0.3) is 5.56 Å². The summed E-state index contributed by atoms with van der Waals surface area (Å²) in [5.41, 5.74) is 9.84. The zero-order valence-corrected chi connectivity index (χ0v) is 23.6. The molecule has 1 saturated heterocycles. The molecule has 0 bridgehead atoms. The zero-order chi connectivity index (χ0) is 26.1. The summed E-state index contributed by atoms with van der Waals surface area (Å²) in [5.74, 6) is 0.0530. The number of nitrogens with one attached hydrogen (secondary N) is 6. The van der Waals surface area contributed by atoms with Crippen LogP contribution in [0.15, 0.2) is 15.7 Å². The van der Waals surface area contributed by atoms with E-state index in [-0.39, 0.29) is 67.3 Å². The number of H-pyrrole nitrogens is 2. The van der Waals surface area contributed by atoms with Crippen LogP contribution in [0.2, 0.25) is 0 Å². The standard InChI is InChI=1S/C12H26N10.C4H4N2O3.CH2O3.Cu.7H2O/c13-10-19-11(14)21-12(20-10)22-8-17-6-4-15-2-1-3-16-5-7-18-9-22;7-2-1-3(8)6-4(9)5-2;2-1(3)4;;;;;;;;/h15-18H,1-9H2,(H4,13,14,19,20,21);1H,(H3,5,6,7,8,9);(H2,2,3,4);;7*1H2/q;;;+2;;;;;;;/p-2. The van der Waals surface area contributed by atoms with E-state index in [4.69, 9.17) is 26.5 Å². The smallest absolute Gasteiger partial charge is 0.870 e. The van der Waals surface area contributed by atoms with E-state index in [2.05, 4.69) is 36.2 Å². The Hall–Kier alpha value is -3.76. The van der Waals surface area contributed by atoms with Gasteiger partial charge in [-0.25, -0.2) is 4.79 Å². The third-order valence-electron chi connectivity index (χ3n) is 3.95. The average molecular weight is 688 g/mol. The van der Waals surface area contributed by atoms with Gasteiger partial charge >= 0.3 is 22.8 Å². The Morgan fingerprint density at radius 3 is 1.58 bits per heavy atom. The number of carbonyl (C=O) groups is 1. The summed E-state index contributed by atoms with van der Waals surface area (Å²) in [6, 6.07) is 0.765. The molecule has 3 rings (SSSR count). The molecule has 1 radical (unpaired) electrons. The number of carboxylic acid groups (broad SMARTS) is 2. The molecule has 1 aliphatic rings. The van der Waals surface area contributed by atoms with E-state index in [0.717, 1.165) is 51.8 Å². The van der Waals surface area contributed by atoms with Gasteiger partial charge in [-0.3, -0.25) is 20.4 Å². The number of anilines is 3. The quantitative estimate of drug-likeness (QED) is 0.0991. The molecule has 2 aromatic rings. The number of aromatic amines is 2. The Bertz CT molecular complexity index is 955. The largest absolute Gasteiger partial charge is 2.00 e. The number of nitrogen functional groups attached to an aromatic ring is 2. The minimum absolute atomic E-state index is 0. The first-order chi connectivity index (χ1) is 16.7. The maximum Gasteiger partial charge on any atom is 2.00 e. The van der Waals surface area contributed by atoms with E-state index in [1.54, 1.807) is 0 Å². The number of hydrogen-bond acceptors (Lipinski definition) is 16. The summed E-state index contributed by atoms with van der Waals surface area (Å²) >= 11 is 0. The van der Waals surface area contributed by atoms with Gasteiger partial charge in [-0.05, 0) is 25.4 Å². The molecule has 0 atom stereocenters. The van der Waals surface area contributed by atoms with Gasteiger partial charge in [-0.2, -0.15) is 15.0 Å². The normalized spacial score (nSPS) is 12.5. The number of nitrogens with two attached hydrogens (primary N) is 2. The maximum atomic E-state index is 10.2. The van der Waals surface area contributed by atoms with Crippen LogP contribution in [0.4, 0.5) is 22.6 Å². The van der Waals surface area contributed by atoms with Crippen molar-refractivity contribution in [2.24, 2.45) is 0 Å². The van der Waals surface area contributed by atoms with Crippen molar-refractivity contribution in [3.8, 4) is 5.88 Å². The first kappa shape index (κ1) is 58.8. The van der Waals surface area contributed by atoms with E-state index in [0.29, 0.717) is 19.3 Å². The minimum Gasteiger partial charge on any atom is -0.870 e. The molecule has 261 valence electrons. The zero-order valence-electron chi connectivity index (χ0n) is 22.7. The van der Waals surface area contributed by atoms with Crippen molar-refractivity contribution in [2.75, 3.05) is 69.0 Å². The third kappa shape index (κ3) is 31.0. The first-order valence-corrected chi connectivity index (χ1v) is 10.4. The topological polar surface area (TPSA) is 512 Å². The molecule has 2 aromatic heterocycles. The second-order valence-corrected chi connectivity index (χ2v) is 6.78. The molecule has 25 nitrogen and oxygen atoms in total. The Balaban J connectivity index is -0.0000000838. The molecule has 0 unspecified atom stereocenters. The van der Waals surface area contributed by atoms with Gasteiger partial charge in [-0.1, -0.05) is 0 Å². The molecule has 0 spiro atoms. The fraction of sp³-hybridized carbons (Fsp3) is 0.529. The Morgan fingerprint density at radius 2 is 1.21 bits per heavy atom. The fourth-order valence-electron chi connectivity index (χ4n) is 2.55. The van der Waals surface area contributed by atoms with Crippen LogP contribution in [0, 0.1) is 0 Å². The summed E-state index contributed by atoms with van der Waals surface area (Å²) in [4.78, 5) is 46.6. The monoisotopic (exact) mass is 687 g/mol. The van der Waals surface area contributed by atoms with Gasteiger partial charge in [0.15, 0.2) is 0 Å². The van der Waals surface area contributed by atoms with Gasteiger partial charge in [0.2, 0.25) is 24.0 Å². The van der Waals surface area contributed by atoms with Crippen LogP contribution in [-0.4, -0.2) is 122 Å². The van der Waals surface area contributed by atoms with Crippen molar-refractivity contribution in [1.29, 1.82) is 0 Å². The van der Waals surface area contributed by atoms with Crippen LogP contribution in [0.3, 0.4) is 0 Å². The molecule has 0 aliphatic carbocycles. The maximum absolute atomic E-state index is 10.2. The molecule has 3 heterocycles. The van der Waals surface area contributed by atoms with E-state index in [1.165, 1.54) is 0 Å². The Morgan fingerprint density at radius 1 is 0.814 bits per heavy atom. The fourth-order valence-corrected chi connectivity index (χ4v) is 2.55. The number of nitrogens with zero attached hydrogens (tertiary/aromatic N) is 4. The van der Waals surface area contributed by atoms with Crippen LogP contribution in [-0.2, 0) is 22.5 Å². The second kappa shape index (κ2) is 34.4. The summed E-state index contributed by atoms with van der Waals surface area (Å²) in [7, 11) is 0. The molecule has 26 heteroatoms. The van der Waals surface area contributed by atoms with Crippen LogP contribution in [0.5, 0.6) is 5.88 Å². The van der Waals surface area contributed by atoms with Crippen molar-refractivity contribution in [3.05, 3.63) is 26.9 Å². The van der Waals surface area contributed by atoms with Crippen LogP contribution >= 0.6 is 0 Å². The molecule has 1 aliphatic heterocycles. The number of rotatable bonds is 1. The van der Waals surface area contributed by atoms with E-state index in [9.17, 15) is 14.7 Å². The Labute approximate surface area is 254 Å². The van der Waals surface area contributed by atoms with E-state index >= 15 is 0 Å². The predicted molar refractivity (Wildman–Crippen MR) is 147 cm³/mol. The summed E-state index contributed by atoms with van der Waals surface area (Å²) in [5, 5.41) is 39.0. The SMILES string of the molecule is Nc1nc(N)nc(N2CNCCNCCCNCCNC2)n1.O.O.O.O.O.O=C([O-])O.O=c1cc([O-])[nH]c(=O)[nH]1.[Cu+2].[OH-].[OH3+]. The van der Waals surface area contributed by atoms with Crippen LogP contribution in [0.25, 0.3) is 0 Å². The van der Waals surface area contributed by atoms with Crippen molar-refractivity contribution >= 4 is 24.0 Å². The van der Waals surface area contributed by atoms with Crippen molar-refractivity contribution in [3.63, 3.8) is 0 Å². The number of aromatic nitrogens is 5. The summed E-state index contributed by atoms with van der Waals surface area (Å²) in [6.45, 7) is 6.81. The molecular formula is C17H44CuN12O13. The van der Waals surface area contributed by atoms with Crippen LogP contribution < -0.4 is 59.1 Å². The molecule has 0 saturated carbocycles. The van der Waals surface area contributed by atoms with Crippen molar-refractivity contribution in [2.45, 2.75) is 6.42 Å². The molecule has 0 aromatic carbocycles. The van der Waals surface area contributed by atoms with Crippen molar-refractivity contribution in [1.82, 2.24) is 46.2 Å². The van der Waals surface area contributed by atoms with Crippen LogP contribution in [0.1, 0.15) is 6.42 Å². The molecule has 1 fully saturated rings. The average Bonchev–Trinajstić information content (AvgIpc) is 2.73. The molecule has 43 heavy (non-hydrogen) atoms. The van der Waals surface area contributed by atoms with Gasteiger partial charge in [-0.15, -0.1) is 0 Å². The molecule has 25 N–H and O–H groups in total. The second-order valence-electron chi connectivity index (χ2n) is 6.78. The van der Waals surface area contributed by atoms with Crippen molar-refractivity contribution < 1.29 is 75.5 Å². The van der Waals surface area contributed by atoms with Gasteiger partial charge in [0.05, 0.1) is 13.3 Å². The first-order valence-electron chi connectivity index (χ1n) is 10.4. The minimum atomic E-state index is -2.08. The van der Waals surface area contributed by atoms with Gasteiger partial charge in [0, 0.05) is 32.2 Å². The van der Waals surface area contributed by atoms with E-state index < -0.39 is 23.3 Å². The summed E-state index contributed by atoms with van der Waals surface area (Å²) in [6.07, 6.45) is -0.949. The van der Waals surface area contributed by atoms with Gasteiger partial charge < -0.3 is 90.4 Å². The predicted octanol–water partition coefficient (Wildman–Crippen LogP) is -10.7. The van der Waals surface area contributed by atoms with Gasteiger partial charge in [0.1, 0.15) is 0 Å². The molecular weight excluding hydrogens is 644 g/mol. The number of hydrogen-bond donors (Lipinski definition) is 9. The Kier molecular flexibility index (Phi) is 47.1. The van der Waals surface area contributed by atoms with E-state index in [1.807, 2.05) is 14.9 Å². The summed E-state index contributed by atoms with van der Waals surface area (Å²) < 4.78 is 0.